The van der Waals surface area contributed by atoms with E-state index in [9.17, 15) is 0 Å². The van der Waals surface area contributed by atoms with Crippen LogP contribution in [0.1, 0.15) is 12.8 Å². The summed E-state index contributed by atoms with van der Waals surface area (Å²) in [6.07, 6.45) is 2.63. The number of hydrogen-bond donors (Lipinski definition) is 1. The number of fused-ring (bicyclic) bond motifs is 1. The fourth-order valence-electron chi connectivity index (χ4n) is 2.27. The van der Waals surface area contributed by atoms with Crippen molar-refractivity contribution in [3.63, 3.8) is 0 Å². The first-order valence-corrected chi connectivity index (χ1v) is 7.01. The average Bonchev–Trinajstić information content (AvgIpc) is 2.96. The zero-order chi connectivity index (χ0) is 13.8. The van der Waals surface area contributed by atoms with Crippen LogP contribution >= 0.6 is 0 Å². The molecule has 3 rings (SSSR count). The van der Waals surface area contributed by atoms with E-state index in [1.807, 2.05) is 12.3 Å². The normalized spacial score (nSPS) is 11.1. The van der Waals surface area contributed by atoms with Gasteiger partial charge in [0.1, 0.15) is 0 Å². The second-order valence-electron chi connectivity index (χ2n) is 4.78. The van der Waals surface area contributed by atoms with Crippen LogP contribution in [0.25, 0.3) is 22.1 Å². The van der Waals surface area contributed by atoms with Crippen molar-refractivity contribution in [3.05, 3.63) is 54.6 Å². The maximum atomic E-state index is 5.81. The molecule has 0 aliphatic carbocycles. The molecule has 1 N–H and O–H groups in total. The minimum atomic E-state index is 0.786. The van der Waals surface area contributed by atoms with Crippen molar-refractivity contribution in [2.75, 3.05) is 13.1 Å². The van der Waals surface area contributed by atoms with Crippen molar-refractivity contribution < 1.29 is 4.42 Å². The van der Waals surface area contributed by atoms with Gasteiger partial charge in [0.05, 0.1) is 6.20 Å². The van der Waals surface area contributed by atoms with Crippen LogP contribution in [0.15, 0.2) is 53.1 Å². The second kappa shape index (κ2) is 5.88. The highest BCUT2D eigenvalue weighted by molar-refractivity contribution is 5.86. The zero-order valence-electron chi connectivity index (χ0n) is 11.6. The molecule has 0 aliphatic heterocycles. The van der Waals surface area contributed by atoms with Gasteiger partial charge in [-0.25, -0.2) is 4.98 Å². The highest BCUT2D eigenvalue weighted by atomic mass is 16.4. The molecule has 0 saturated carbocycles. The minimum Gasteiger partial charge on any atom is -0.441 e. The van der Waals surface area contributed by atoms with Gasteiger partial charge in [-0.15, -0.1) is 0 Å². The molecule has 1 heterocycles. The molecule has 0 amide bonds. The van der Waals surface area contributed by atoms with E-state index >= 15 is 0 Å². The zero-order valence-corrected chi connectivity index (χ0v) is 11.6. The van der Waals surface area contributed by atoms with Crippen molar-refractivity contribution in [3.8, 4) is 11.3 Å². The first kappa shape index (κ1) is 12.9. The number of nitrogens with one attached hydrogen (secondary N) is 1. The lowest BCUT2D eigenvalue weighted by Gasteiger charge is -2.01. The van der Waals surface area contributed by atoms with Crippen molar-refractivity contribution in [1.82, 2.24) is 10.3 Å². The standard InChI is InChI=1S/C17H18N2O/c1-2-18-10-9-17-19-12-16(20-17)15-8-7-13-5-3-4-6-14(13)11-15/h3-8,11-12,18H,2,9-10H2,1H3. The molecule has 0 atom stereocenters. The summed E-state index contributed by atoms with van der Waals surface area (Å²) in [6.45, 7) is 3.96. The molecule has 2 aromatic carbocycles. The molecular formula is C17H18N2O. The number of likely N-dealkylation sites (N-methyl/N-ethyl adjacent to an activating group) is 1. The first-order chi connectivity index (χ1) is 9.86. The molecule has 0 spiro atoms. The number of rotatable bonds is 5. The number of oxazole rings is 1. The summed E-state index contributed by atoms with van der Waals surface area (Å²) in [5.74, 6) is 1.62. The third-order valence-electron chi connectivity index (χ3n) is 3.35. The number of nitrogens with zero attached hydrogens (tertiary/aromatic N) is 1. The molecule has 3 nitrogen and oxygen atoms in total. The van der Waals surface area contributed by atoms with Crippen molar-refractivity contribution >= 4 is 10.8 Å². The van der Waals surface area contributed by atoms with Gasteiger partial charge >= 0.3 is 0 Å². The Morgan fingerprint density at radius 1 is 1.10 bits per heavy atom. The van der Waals surface area contributed by atoms with E-state index in [4.69, 9.17) is 4.42 Å². The van der Waals surface area contributed by atoms with Gasteiger partial charge in [0.15, 0.2) is 11.7 Å². The average molecular weight is 266 g/mol. The maximum Gasteiger partial charge on any atom is 0.196 e. The number of hydrogen-bond acceptors (Lipinski definition) is 3. The van der Waals surface area contributed by atoms with Crippen molar-refractivity contribution in [2.24, 2.45) is 0 Å². The number of benzene rings is 2. The quantitative estimate of drug-likeness (QED) is 0.716. The molecule has 0 radical (unpaired) electrons. The Morgan fingerprint density at radius 3 is 2.80 bits per heavy atom. The predicted molar refractivity (Wildman–Crippen MR) is 81.7 cm³/mol. The Bertz CT molecular complexity index is 703. The summed E-state index contributed by atoms with van der Waals surface area (Å²) in [4.78, 5) is 4.34. The molecule has 1 aromatic heterocycles. The molecule has 0 fully saturated rings. The highest BCUT2D eigenvalue weighted by Crippen LogP contribution is 2.25. The Kier molecular flexibility index (Phi) is 3.79. The summed E-state index contributed by atoms with van der Waals surface area (Å²) < 4.78 is 5.81. The van der Waals surface area contributed by atoms with E-state index in [0.717, 1.165) is 36.7 Å². The summed E-state index contributed by atoms with van der Waals surface area (Å²) in [5.41, 5.74) is 1.07. The van der Waals surface area contributed by atoms with Crippen LogP contribution in [0, 0.1) is 0 Å². The maximum absolute atomic E-state index is 5.81. The molecule has 102 valence electrons. The van der Waals surface area contributed by atoms with Gasteiger partial charge in [-0.1, -0.05) is 43.3 Å². The van der Waals surface area contributed by atoms with E-state index in [0.29, 0.717) is 0 Å². The Morgan fingerprint density at radius 2 is 1.95 bits per heavy atom. The summed E-state index contributed by atoms with van der Waals surface area (Å²) in [6, 6.07) is 14.7. The van der Waals surface area contributed by atoms with E-state index in [1.165, 1.54) is 10.8 Å². The molecule has 0 saturated heterocycles. The van der Waals surface area contributed by atoms with Gasteiger partial charge in [-0.2, -0.15) is 0 Å². The van der Waals surface area contributed by atoms with Gasteiger partial charge in [-0.3, -0.25) is 0 Å². The topological polar surface area (TPSA) is 38.1 Å². The van der Waals surface area contributed by atoms with E-state index < -0.39 is 0 Å². The van der Waals surface area contributed by atoms with E-state index in [-0.39, 0.29) is 0 Å². The van der Waals surface area contributed by atoms with Crippen LogP contribution in [0.4, 0.5) is 0 Å². The van der Waals surface area contributed by atoms with Crippen LogP contribution in [0.3, 0.4) is 0 Å². The molecule has 0 bridgehead atoms. The smallest absolute Gasteiger partial charge is 0.196 e. The van der Waals surface area contributed by atoms with Gasteiger partial charge in [0.2, 0.25) is 0 Å². The highest BCUT2D eigenvalue weighted by Gasteiger charge is 2.06. The summed E-state index contributed by atoms with van der Waals surface area (Å²) >= 11 is 0. The van der Waals surface area contributed by atoms with Gasteiger partial charge < -0.3 is 9.73 Å². The summed E-state index contributed by atoms with van der Waals surface area (Å²) in [5, 5.41) is 5.73. The van der Waals surface area contributed by atoms with Crippen LogP contribution in [0.5, 0.6) is 0 Å². The third-order valence-corrected chi connectivity index (χ3v) is 3.35. The minimum absolute atomic E-state index is 0.786. The summed E-state index contributed by atoms with van der Waals surface area (Å²) in [7, 11) is 0. The molecule has 3 heteroatoms. The molecule has 0 aliphatic rings. The molecule has 20 heavy (non-hydrogen) atoms. The van der Waals surface area contributed by atoms with Crippen LogP contribution in [-0.4, -0.2) is 18.1 Å². The largest absolute Gasteiger partial charge is 0.441 e. The molecular weight excluding hydrogens is 248 g/mol. The van der Waals surface area contributed by atoms with Crippen molar-refractivity contribution in [1.29, 1.82) is 0 Å². The third kappa shape index (κ3) is 2.73. The molecule has 0 unspecified atom stereocenters. The fourth-order valence-corrected chi connectivity index (χ4v) is 2.27. The lowest BCUT2D eigenvalue weighted by atomic mass is 10.1. The predicted octanol–water partition coefficient (Wildman–Crippen LogP) is 3.65. The Hall–Kier alpha value is -2.13. The second-order valence-corrected chi connectivity index (χ2v) is 4.78. The monoisotopic (exact) mass is 266 g/mol. The van der Waals surface area contributed by atoms with Gasteiger partial charge in [-0.05, 0) is 23.4 Å². The van der Waals surface area contributed by atoms with Crippen molar-refractivity contribution in [2.45, 2.75) is 13.3 Å². The molecule has 3 aromatic rings. The number of aromatic nitrogens is 1. The first-order valence-electron chi connectivity index (χ1n) is 7.01. The van der Waals surface area contributed by atoms with Gasteiger partial charge in [0, 0.05) is 18.5 Å². The van der Waals surface area contributed by atoms with E-state index in [1.54, 1.807) is 0 Å². The van der Waals surface area contributed by atoms with E-state index in [2.05, 4.69) is 53.6 Å². The Labute approximate surface area is 118 Å². The van der Waals surface area contributed by atoms with Crippen LogP contribution in [-0.2, 0) is 6.42 Å². The SMILES string of the molecule is CCNCCc1ncc(-c2ccc3ccccc3c2)o1. The van der Waals surface area contributed by atoms with Gasteiger partial charge in [0.25, 0.3) is 0 Å². The van der Waals surface area contributed by atoms with Crippen LogP contribution in [0.2, 0.25) is 0 Å². The van der Waals surface area contributed by atoms with Crippen LogP contribution < -0.4 is 5.32 Å². The lowest BCUT2D eigenvalue weighted by molar-refractivity contribution is 0.497. The lowest BCUT2D eigenvalue weighted by Crippen LogP contribution is -2.16. The fraction of sp³-hybridized carbons (Fsp3) is 0.235. The Balaban J connectivity index is 1.83.